The number of hydrogen-bond acceptors (Lipinski definition) is 3. The van der Waals surface area contributed by atoms with Crippen LogP contribution in [-0.4, -0.2) is 18.1 Å². The molecule has 1 rings (SSSR count). The largest absolute Gasteiger partial charge is 0.465 e. The van der Waals surface area contributed by atoms with E-state index in [0.29, 0.717) is 4.47 Å². The average Bonchev–Trinajstić information content (AvgIpc) is 2.03. The summed E-state index contributed by atoms with van der Waals surface area (Å²) >= 11 is 3.07. The van der Waals surface area contributed by atoms with Crippen molar-refractivity contribution in [3.05, 3.63) is 32.7 Å². The van der Waals surface area contributed by atoms with Crippen molar-refractivity contribution in [1.29, 1.82) is 0 Å². The summed E-state index contributed by atoms with van der Waals surface area (Å²) in [6.45, 7) is 0. The van der Waals surface area contributed by atoms with E-state index >= 15 is 0 Å². The second-order valence-corrected chi connectivity index (χ2v) is 2.88. The lowest BCUT2D eigenvalue weighted by molar-refractivity contribution is 0.0597. The predicted octanol–water partition coefficient (Wildman–Crippen LogP) is 0.924. The van der Waals surface area contributed by atoms with Crippen molar-refractivity contribution in [3.63, 3.8) is 0 Å². The van der Waals surface area contributed by atoms with Gasteiger partial charge in [-0.05, 0) is 22.0 Å². The maximum absolute atomic E-state index is 11.1. The molecule has 0 amide bonds. The number of pyridine rings is 1. The molecule has 1 heterocycles. The monoisotopic (exact) mass is 231 g/mol. The smallest absolute Gasteiger partial charge is 0.344 e. The molecule has 1 aromatic rings. The number of halogens is 1. The summed E-state index contributed by atoms with van der Waals surface area (Å²) in [6, 6.07) is 1.56. The van der Waals surface area contributed by atoms with Gasteiger partial charge in [-0.1, -0.05) is 0 Å². The van der Waals surface area contributed by atoms with Gasteiger partial charge < -0.3 is 9.72 Å². The SMILES string of the molecule is COC(=O)c1c(Br)cc[nH]c1=O. The number of nitrogens with one attached hydrogen (secondary N) is 1. The average molecular weight is 232 g/mol. The molecule has 0 aliphatic rings. The molecule has 12 heavy (non-hydrogen) atoms. The molecule has 4 nitrogen and oxygen atoms in total. The zero-order valence-corrected chi connectivity index (χ0v) is 7.84. The molecule has 0 fully saturated rings. The van der Waals surface area contributed by atoms with Gasteiger partial charge in [-0.2, -0.15) is 0 Å². The van der Waals surface area contributed by atoms with Crippen LogP contribution in [0.15, 0.2) is 21.5 Å². The molecule has 0 unspecified atom stereocenters. The van der Waals surface area contributed by atoms with Gasteiger partial charge in [-0.25, -0.2) is 4.79 Å². The standard InChI is InChI=1S/C7H6BrNO3/c1-12-7(11)5-4(8)2-3-9-6(5)10/h2-3H,1H3,(H,9,10). The molecule has 0 spiro atoms. The molecule has 0 bridgehead atoms. The number of carbonyl (C=O) groups is 1. The van der Waals surface area contributed by atoms with Gasteiger partial charge in [0, 0.05) is 10.7 Å². The van der Waals surface area contributed by atoms with E-state index in [2.05, 4.69) is 25.7 Å². The Hall–Kier alpha value is -1.10. The van der Waals surface area contributed by atoms with Crippen LogP contribution in [-0.2, 0) is 4.74 Å². The second-order valence-electron chi connectivity index (χ2n) is 2.02. The number of hydrogen-bond donors (Lipinski definition) is 1. The number of aromatic nitrogens is 1. The minimum absolute atomic E-state index is 0.0139. The van der Waals surface area contributed by atoms with E-state index in [4.69, 9.17) is 0 Å². The Kier molecular flexibility index (Phi) is 2.65. The summed E-state index contributed by atoms with van der Waals surface area (Å²) in [5, 5.41) is 0. The molecule has 5 heteroatoms. The predicted molar refractivity (Wildman–Crippen MR) is 46.1 cm³/mol. The van der Waals surface area contributed by atoms with Crippen LogP contribution in [0.4, 0.5) is 0 Å². The third-order valence-corrected chi connectivity index (χ3v) is 1.96. The van der Waals surface area contributed by atoms with Crippen molar-refractivity contribution in [2.24, 2.45) is 0 Å². The molecule has 0 atom stereocenters. The third-order valence-electron chi connectivity index (χ3n) is 1.30. The van der Waals surface area contributed by atoms with Gasteiger partial charge in [0.15, 0.2) is 0 Å². The summed E-state index contributed by atoms with van der Waals surface area (Å²) in [6.07, 6.45) is 1.44. The van der Waals surface area contributed by atoms with Crippen LogP contribution < -0.4 is 5.56 Å². The maximum atomic E-state index is 11.1. The fourth-order valence-corrected chi connectivity index (χ4v) is 1.22. The summed E-state index contributed by atoms with van der Waals surface area (Å²) in [7, 11) is 1.22. The molecular formula is C7H6BrNO3. The molecule has 0 saturated carbocycles. The highest BCUT2D eigenvalue weighted by Gasteiger charge is 2.13. The number of ether oxygens (including phenoxy) is 1. The third kappa shape index (κ3) is 1.55. The highest BCUT2D eigenvalue weighted by atomic mass is 79.9. The summed E-state index contributed by atoms with van der Waals surface area (Å²) in [5.41, 5.74) is -0.476. The fraction of sp³-hybridized carbons (Fsp3) is 0.143. The number of methoxy groups -OCH3 is 1. The lowest BCUT2D eigenvalue weighted by Crippen LogP contribution is -2.18. The highest BCUT2D eigenvalue weighted by molar-refractivity contribution is 9.10. The van der Waals surface area contributed by atoms with Crippen molar-refractivity contribution >= 4 is 21.9 Å². The Morgan fingerprint density at radius 2 is 2.33 bits per heavy atom. The Morgan fingerprint density at radius 1 is 1.67 bits per heavy atom. The lowest BCUT2D eigenvalue weighted by atomic mass is 10.3. The van der Waals surface area contributed by atoms with Gasteiger partial charge in [0.2, 0.25) is 0 Å². The summed E-state index contributed by atoms with van der Waals surface area (Å²) in [5.74, 6) is -0.649. The molecule has 1 aromatic heterocycles. The molecule has 0 radical (unpaired) electrons. The van der Waals surface area contributed by atoms with Crippen molar-refractivity contribution in [3.8, 4) is 0 Å². The minimum Gasteiger partial charge on any atom is -0.465 e. The first kappa shape index (κ1) is 8.99. The van der Waals surface area contributed by atoms with E-state index in [0.717, 1.165) is 0 Å². The van der Waals surface area contributed by atoms with Gasteiger partial charge in [-0.3, -0.25) is 4.79 Å². The van der Waals surface area contributed by atoms with Gasteiger partial charge >= 0.3 is 5.97 Å². The Bertz CT molecular complexity index is 358. The summed E-state index contributed by atoms with van der Waals surface area (Å²) in [4.78, 5) is 24.4. The number of aromatic amines is 1. The maximum Gasteiger partial charge on any atom is 0.344 e. The van der Waals surface area contributed by atoms with Gasteiger partial charge in [-0.15, -0.1) is 0 Å². The van der Waals surface area contributed by atoms with Crippen molar-refractivity contribution < 1.29 is 9.53 Å². The van der Waals surface area contributed by atoms with Crippen LogP contribution in [0.2, 0.25) is 0 Å². The molecule has 0 aliphatic heterocycles. The quantitative estimate of drug-likeness (QED) is 0.732. The molecular weight excluding hydrogens is 226 g/mol. The topological polar surface area (TPSA) is 59.2 Å². The first-order valence-electron chi connectivity index (χ1n) is 3.12. The van der Waals surface area contributed by atoms with Crippen LogP contribution in [0.5, 0.6) is 0 Å². The van der Waals surface area contributed by atoms with Crippen LogP contribution in [0.25, 0.3) is 0 Å². The first-order valence-corrected chi connectivity index (χ1v) is 3.91. The van der Waals surface area contributed by atoms with Crippen LogP contribution in [0, 0.1) is 0 Å². The van der Waals surface area contributed by atoms with Crippen LogP contribution in [0.3, 0.4) is 0 Å². The normalized spacial score (nSPS) is 9.50. The Balaban J connectivity index is 3.31. The number of rotatable bonds is 1. The molecule has 0 aliphatic carbocycles. The van der Waals surface area contributed by atoms with Crippen molar-refractivity contribution in [2.45, 2.75) is 0 Å². The fourth-order valence-electron chi connectivity index (χ4n) is 0.747. The van der Waals surface area contributed by atoms with E-state index < -0.39 is 11.5 Å². The second kappa shape index (κ2) is 3.53. The van der Waals surface area contributed by atoms with E-state index in [-0.39, 0.29) is 5.56 Å². The minimum atomic E-state index is -0.649. The molecule has 64 valence electrons. The van der Waals surface area contributed by atoms with E-state index in [1.54, 1.807) is 6.07 Å². The molecule has 0 saturated heterocycles. The van der Waals surface area contributed by atoms with Crippen LogP contribution >= 0.6 is 15.9 Å². The number of carbonyl (C=O) groups excluding carboxylic acids is 1. The van der Waals surface area contributed by atoms with E-state index in [1.165, 1.54) is 13.3 Å². The van der Waals surface area contributed by atoms with Crippen molar-refractivity contribution in [1.82, 2.24) is 4.98 Å². The number of H-pyrrole nitrogens is 1. The first-order chi connectivity index (χ1) is 5.66. The molecule has 0 aromatic carbocycles. The van der Waals surface area contributed by atoms with E-state index in [1.807, 2.05) is 0 Å². The van der Waals surface area contributed by atoms with Gasteiger partial charge in [0.1, 0.15) is 5.56 Å². The van der Waals surface area contributed by atoms with Crippen LogP contribution in [0.1, 0.15) is 10.4 Å². The number of esters is 1. The van der Waals surface area contributed by atoms with E-state index in [9.17, 15) is 9.59 Å². The molecule has 1 N–H and O–H groups in total. The van der Waals surface area contributed by atoms with Gasteiger partial charge in [0.05, 0.1) is 7.11 Å². The van der Waals surface area contributed by atoms with Gasteiger partial charge in [0.25, 0.3) is 5.56 Å². The highest BCUT2D eigenvalue weighted by Crippen LogP contribution is 2.11. The van der Waals surface area contributed by atoms with Crippen molar-refractivity contribution in [2.75, 3.05) is 7.11 Å². The Morgan fingerprint density at radius 3 is 2.83 bits per heavy atom. The zero-order chi connectivity index (χ0) is 9.14. The Labute approximate surface area is 76.7 Å². The lowest BCUT2D eigenvalue weighted by Gasteiger charge is -1.98. The zero-order valence-electron chi connectivity index (χ0n) is 6.26. The summed E-state index contributed by atoms with van der Waals surface area (Å²) < 4.78 is 4.84.